The topological polar surface area (TPSA) is 51.8 Å². The minimum Gasteiger partial charge on any atom is -0.456 e. The molecule has 4 heteroatoms. The lowest BCUT2D eigenvalue weighted by Gasteiger charge is -2.12. The Kier molecular flexibility index (Phi) is 6.43. The fourth-order valence-electron chi connectivity index (χ4n) is 6.45. The van der Waals surface area contributed by atoms with Crippen LogP contribution < -0.4 is 0 Å². The van der Waals surface area contributed by atoms with Gasteiger partial charge in [0.15, 0.2) is 17.5 Å². The van der Waals surface area contributed by atoms with Crippen LogP contribution in [-0.4, -0.2) is 15.0 Å². The van der Waals surface area contributed by atoms with Gasteiger partial charge in [0.1, 0.15) is 11.2 Å². The average molecular weight is 602 g/mol. The largest absolute Gasteiger partial charge is 0.456 e. The number of hydrogen-bond donors (Lipinski definition) is 0. The van der Waals surface area contributed by atoms with Crippen LogP contribution in [0.5, 0.6) is 0 Å². The summed E-state index contributed by atoms with van der Waals surface area (Å²) < 4.78 is 6.42. The molecule has 2 heterocycles. The lowest BCUT2D eigenvalue weighted by molar-refractivity contribution is 0.669. The molecule has 0 radical (unpaired) electrons. The van der Waals surface area contributed by atoms with Crippen molar-refractivity contribution in [2.24, 2.45) is 0 Å². The Balaban J connectivity index is 1.25. The Morgan fingerprint density at radius 3 is 1.68 bits per heavy atom. The monoisotopic (exact) mass is 601 g/mol. The molecule has 2 aromatic heterocycles. The van der Waals surface area contributed by atoms with Crippen molar-refractivity contribution in [3.05, 3.63) is 164 Å². The average Bonchev–Trinajstić information content (AvgIpc) is 3.53. The smallest absolute Gasteiger partial charge is 0.164 e. The molecule has 0 saturated heterocycles. The molecule has 0 spiro atoms. The quantitative estimate of drug-likeness (QED) is 0.197. The summed E-state index contributed by atoms with van der Waals surface area (Å²) in [6.07, 6.45) is 0. The number of nitrogens with zero attached hydrogens (tertiary/aromatic N) is 3. The maximum Gasteiger partial charge on any atom is 0.164 e. The summed E-state index contributed by atoms with van der Waals surface area (Å²) in [7, 11) is 0. The molecule has 4 nitrogen and oxygen atoms in total. The molecule has 220 valence electrons. The van der Waals surface area contributed by atoms with Gasteiger partial charge in [0.2, 0.25) is 0 Å². The third kappa shape index (κ3) is 4.84. The SMILES string of the molecule is c1ccc(-c2cc(-c3nc(-c4ccccc4)nc(-c4ccc(-c5cccc6ccccc56)cc4)n3)c3c(c2)oc2ccccc23)cc1. The highest BCUT2D eigenvalue weighted by molar-refractivity contribution is 6.13. The number of aromatic nitrogens is 3. The predicted octanol–water partition coefficient (Wildman–Crippen LogP) is 11.3. The van der Waals surface area contributed by atoms with Gasteiger partial charge < -0.3 is 4.42 Å². The molecule has 0 aliphatic rings. The minimum absolute atomic E-state index is 0.598. The Labute approximate surface area is 271 Å². The van der Waals surface area contributed by atoms with Crippen molar-refractivity contribution in [2.75, 3.05) is 0 Å². The van der Waals surface area contributed by atoms with Crippen molar-refractivity contribution < 1.29 is 4.42 Å². The van der Waals surface area contributed by atoms with Crippen LogP contribution in [0.2, 0.25) is 0 Å². The normalized spacial score (nSPS) is 11.4. The van der Waals surface area contributed by atoms with Gasteiger partial charge >= 0.3 is 0 Å². The van der Waals surface area contributed by atoms with E-state index >= 15 is 0 Å². The first kappa shape index (κ1) is 27.0. The lowest BCUT2D eigenvalue weighted by atomic mass is 9.97. The second kappa shape index (κ2) is 11.2. The molecule has 47 heavy (non-hydrogen) atoms. The molecule has 0 aliphatic heterocycles. The van der Waals surface area contributed by atoms with E-state index < -0.39 is 0 Å². The van der Waals surface area contributed by atoms with E-state index in [-0.39, 0.29) is 0 Å². The van der Waals surface area contributed by atoms with E-state index in [0.29, 0.717) is 17.5 Å². The van der Waals surface area contributed by atoms with Gasteiger partial charge in [0.05, 0.1) is 0 Å². The fourth-order valence-corrected chi connectivity index (χ4v) is 6.45. The van der Waals surface area contributed by atoms with E-state index in [1.165, 1.54) is 16.3 Å². The van der Waals surface area contributed by atoms with Crippen LogP contribution in [0.25, 0.3) is 89.1 Å². The number of fused-ring (bicyclic) bond motifs is 4. The van der Waals surface area contributed by atoms with E-state index in [0.717, 1.165) is 55.3 Å². The third-order valence-corrected chi connectivity index (χ3v) is 8.74. The standard InChI is InChI=1S/C43H27N3O/c1-3-12-28(13-4-1)33-26-37(40-36-19-9-10-21-38(36)47-39(40)27-33)43-45-41(31-15-5-2-6-16-31)44-42(46-43)32-24-22-30(23-25-32)35-20-11-17-29-14-7-8-18-34(29)35/h1-27H. The number of hydrogen-bond acceptors (Lipinski definition) is 4. The summed E-state index contributed by atoms with van der Waals surface area (Å²) in [4.78, 5) is 15.3. The zero-order chi connectivity index (χ0) is 31.2. The summed E-state index contributed by atoms with van der Waals surface area (Å²) in [5, 5.41) is 4.47. The fraction of sp³-hybridized carbons (Fsp3) is 0. The summed E-state index contributed by atoms with van der Waals surface area (Å²) in [5.41, 5.74) is 8.85. The van der Waals surface area contributed by atoms with Gasteiger partial charge in [-0.05, 0) is 51.2 Å². The number of benzene rings is 7. The van der Waals surface area contributed by atoms with E-state index in [4.69, 9.17) is 19.4 Å². The second-order valence-electron chi connectivity index (χ2n) is 11.6. The van der Waals surface area contributed by atoms with Crippen molar-refractivity contribution in [3.8, 4) is 56.4 Å². The highest BCUT2D eigenvalue weighted by Crippen LogP contribution is 2.40. The van der Waals surface area contributed by atoms with Crippen molar-refractivity contribution in [1.29, 1.82) is 0 Å². The van der Waals surface area contributed by atoms with Crippen LogP contribution in [0.4, 0.5) is 0 Å². The molecule has 9 rings (SSSR count). The van der Waals surface area contributed by atoms with Crippen molar-refractivity contribution in [1.82, 2.24) is 15.0 Å². The van der Waals surface area contributed by atoms with Crippen molar-refractivity contribution in [2.45, 2.75) is 0 Å². The molecule has 9 aromatic rings. The lowest BCUT2D eigenvalue weighted by Crippen LogP contribution is -2.00. The molecule has 0 bridgehead atoms. The molecule has 0 amide bonds. The highest BCUT2D eigenvalue weighted by atomic mass is 16.3. The van der Waals surface area contributed by atoms with Crippen LogP contribution in [0.15, 0.2) is 168 Å². The third-order valence-electron chi connectivity index (χ3n) is 8.74. The van der Waals surface area contributed by atoms with Gasteiger partial charge in [-0.2, -0.15) is 0 Å². The maximum absolute atomic E-state index is 6.42. The molecule has 7 aromatic carbocycles. The van der Waals surface area contributed by atoms with Crippen LogP contribution in [-0.2, 0) is 0 Å². The number of para-hydroxylation sites is 1. The minimum atomic E-state index is 0.598. The van der Waals surface area contributed by atoms with Gasteiger partial charge in [-0.15, -0.1) is 0 Å². The number of rotatable bonds is 5. The molecular weight excluding hydrogens is 574 g/mol. The van der Waals surface area contributed by atoms with E-state index in [9.17, 15) is 0 Å². The first-order valence-electron chi connectivity index (χ1n) is 15.7. The zero-order valence-corrected chi connectivity index (χ0v) is 25.3. The highest BCUT2D eigenvalue weighted by Gasteiger charge is 2.19. The molecule has 0 aliphatic carbocycles. The summed E-state index contributed by atoms with van der Waals surface area (Å²) in [6.45, 7) is 0. The van der Waals surface area contributed by atoms with Crippen LogP contribution in [0, 0.1) is 0 Å². The molecule has 0 saturated carbocycles. The Hall–Kier alpha value is -6.39. The van der Waals surface area contributed by atoms with Gasteiger partial charge in [-0.25, -0.2) is 15.0 Å². The van der Waals surface area contributed by atoms with Gasteiger partial charge in [0, 0.05) is 27.5 Å². The molecule has 0 N–H and O–H groups in total. The van der Waals surface area contributed by atoms with E-state index in [1.54, 1.807) is 0 Å². The summed E-state index contributed by atoms with van der Waals surface area (Å²) in [6, 6.07) is 56.3. The Morgan fingerprint density at radius 1 is 0.340 bits per heavy atom. The van der Waals surface area contributed by atoms with Gasteiger partial charge in [-0.3, -0.25) is 0 Å². The van der Waals surface area contributed by atoms with Crippen LogP contribution in [0.3, 0.4) is 0 Å². The molecular formula is C43H27N3O. The van der Waals surface area contributed by atoms with Crippen LogP contribution in [0.1, 0.15) is 0 Å². The molecule has 0 unspecified atom stereocenters. The first-order valence-corrected chi connectivity index (χ1v) is 15.7. The van der Waals surface area contributed by atoms with Crippen molar-refractivity contribution in [3.63, 3.8) is 0 Å². The second-order valence-corrected chi connectivity index (χ2v) is 11.6. The van der Waals surface area contributed by atoms with Gasteiger partial charge in [0.25, 0.3) is 0 Å². The van der Waals surface area contributed by atoms with Crippen LogP contribution >= 0.6 is 0 Å². The maximum atomic E-state index is 6.42. The Morgan fingerprint density at radius 2 is 0.915 bits per heavy atom. The zero-order valence-electron chi connectivity index (χ0n) is 25.3. The van der Waals surface area contributed by atoms with E-state index in [2.05, 4.69) is 97.1 Å². The first-order chi connectivity index (χ1) is 23.3. The molecule has 0 atom stereocenters. The van der Waals surface area contributed by atoms with Crippen molar-refractivity contribution >= 4 is 32.7 Å². The summed E-state index contributed by atoms with van der Waals surface area (Å²) >= 11 is 0. The predicted molar refractivity (Wildman–Crippen MR) is 192 cm³/mol. The van der Waals surface area contributed by atoms with E-state index in [1.807, 2.05) is 66.7 Å². The summed E-state index contributed by atoms with van der Waals surface area (Å²) in [5.74, 6) is 1.83. The molecule has 0 fully saturated rings. The number of furan rings is 1. The Bertz CT molecular complexity index is 2550. The van der Waals surface area contributed by atoms with Gasteiger partial charge in [-0.1, -0.05) is 146 Å².